The number of hydrogen-bond donors (Lipinski definition) is 1. The molecule has 4 fully saturated rings. The lowest BCUT2D eigenvalue weighted by molar-refractivity contribution is 0.0953. The van der Waals surface area contributed by atoms with Gasteiger partial charge in [-0.25, -0.2) is 0 Å². The summed E-state index contributed by atoms with van der Waals surface area (Å²) >= 11 is 0. The first kappa shape index (κ1) is 23.5. The first-order valence-corrected chi connectivity index (χ1v) is 11.7. The first-order valence-electron chi connectivity index (χ1n) is 11.7. The van der Waals surface area contributed by atoms with Crippen molar-refractivity contribution in [2.45, 2.75) is 44.6 Å². The summed E-state index contributed by atoms with van der Waals surface area (Å²) in [4.78, 5) is 12.4. The standard InChI is InChI=1S/C22H41N5O.HI/c1-23-22(24-17-18-5-7-25(8-6-18)13-14-28-2)27-11-9-26(10-12-27)21-16-19-3-4-20(21)15-19;/h18-21H,3-17H2,1-2H3,(H,23,24);1H. The van der Waals surface area contributed by atoms with E-state index in [2.05, 4.69) is 25.0 Å². The molecule has 0 aromatic heterocycles. The first-order chi connectivity index (χ1) is 13.8. The van der Waals surface area contributed by atoms with Crippen molar-refractivity contribution >= 4 is 29.9 Å². The Labute approximate surface area is 194 Å². The van der Waals surface area contributed by atoms with Crippen molar-refractivity contribution in [3.8, 4) is 0 Å². The van der Waals surface area contributed by atoms with Crippen LogP contribution in [0.4, 0.5) is 0 Å². The van der Waals surface area contributed by atoms with Crippen molar-refractivity contribution in [2.75, 3.05) is 73.1 Å². The van der Waals surface area contributed by atoms with Crippen molar-refractivity contribution in [3.05, 3.63) is 0 Å². The second kappa shape index (κ2) is 11.5. The van der Waals surface area contributed by atoms with Gasteiger partial charge in [0, 0.05) is 59.5 Å². The second-order valence-electron chi connectivity index (χ2n) is 9.47. The molecule has 0 amide bonds. The Morgan fingerprint density at radius 2 is 1.76 bits per heavy atom. The maximum atomic E-state index is 5.21. The number of rotatable bonds is 6. The van der Waals surface area contributed by atoms with Gasteiger partial charge in [-0.1, -0.05) is 6.42 Å². The molecule has 29 heavy (non-hydrogen) atoms. The molecule has 2 saturated heterocycles. The molecule has 0 spiro atoms. The smallest absolute Gasteiger partial charge is 0.193 e. The van der Waals surface area contributed by atoms with E-state index in [-0.39, 0.29) is 24.0 Å². The zero-order valence-electron chi connectivity index (χ0n) is 18.5. The normalized spacial score (nSPS) is 31.9. The van der Waals surface area contributed by atoms with Crippen LogP contribution in [-0.2, 0) is 4.74 Å². The van der Waals surface area contributed by atoms with Gasteiger partial charge in [0.1, 0.15) is 0 Å². The Bertz CT molecular complexity index is 517. The molecular weight excluding hydrogens is 477 g/mol. The number of piperazine rings is 1. The predicted molar refractivity (Wildman–Crippen MR) is 130 cm³/mol. The number of nitrogens with zero attached hydrogens (tertiary/aromatic N) is 4. The van der Waals surface area contributed by atoms with Crippen molar-refractivity contribution in [3.63, 3.8) is 0 Å². The summed E-state index contributed by atoms with van der Waals surface area (Å²) in [6.45, 7) is 10.1. The van der Waals surface area contributed by atoms with Crippen LogP contribution in [0, 0.1) is 17.8 Å². The molecule has 7 heteroatoms. The molecule has 2 aliphatic carbocycles. The number of guanidine groups is 1. The Morgan fingerprint density at radius 3 is 2.34 bits per heavy atom. The van der Waals surface area contributed by atoms with Crippen LogP contribution in [0.5, 0.6) is 0 Å². The number of nitrogens with one attached hydrogen (secondary N) is 1. The van der Waals surface area contributed by atoms with Gasteiger partial charge in [-0.2, -0.15) is 0 Å². The lowest BCUT2D eigenvalue weighted by atomic mass is 9.93. The summed E-state index contributed by atoms with van der Waals surface area (Å²) in [5.41, 5.74) is 0. The van der Waals surface area contributed by atoms with E-state index in [0.29, 0.717) is 0 Å². The van der Waals surface area contributed by atoms with Gasteiger partial charge < -0.3 is 19.9 Å². The highest BCUT2D eigenvalue weighted by Gasteiger charge is 2.42. The van der Waals surface area contributed by atoms with Crippen LogP contribution < -0.4 is 5.32 Å². The van der Waals surface area contributed by atoms with Crippen LogP contribution in [0.25, 0.3) is 0 Å². The number of piperidine rings is 1. The van der Waals surface area contributed by atoms with E-state index in [4.69, 9.17) is 4.74 Å². The Morgan fingerprint density at radius 1 is 1.00 bits per heavy atom. The van der Waals surface area contributed by atoms with E-state index < -0.39 is 0 Å². The van der Waals surface area contributed by atoms with E-state index in [1.165, 1.54) is 64.7 Å². The molecule has 0 aromatic rings. The number of aliphatic imine (C=N–C) groups is 1. The number of ether oxygens (including phenoxy) is 1. The number of methoxy groups -OCH3 is 1. The summed E-state index contributed by atoms with van der Waals surface area (Å²) in [5, 5.41) is 3.69. The van der Waals surface area contributed by atoms with Crippen LogP contribution in [0.15, 0.2) is 4.99 Å². The van der Waals surface area contributed by atoms with Crippen LogP contribution >= 0.6 is 24.0 Å². The molecular formula is C22H42IN5O. The van der Waals surface area contributed by atoms with E-state index >= 15 is 0 Å². The van der Waals surface area contributed by atoms with Gasteiger partial charge in [0.2, 0.25) is 0 Å². The molecule has 168 valence electrons. The van der Waals surface area contributed by atoms with E-state index in [9.17, 15) is 0 Å². The third-order valence-electron chi connectivity index (χ3n) is 7.86. The van der Waals surface area contributed by atoms with Crippen molar-refractivity contribution in [1.82, 2.24) is 20.0 Å². The maximum Gasteiger partial charge on any atom is 0.193 e. The van der Waals surface area contributed by atoms with Crippen LogP contribution in [0.1, 0.15) is 38.5 Å². The van der Waals surface area contributed by atoms with Crippen LogP contribution in [0.3, 0.4) is 0 Å². The van der Waals surface area contributed by atoms with Gasteiger partial charge in [0.05, 0.1) is 6.61 Å². The highest BCUT2D eigenvalue weighted by atomic mass is 127. The summed E-state index contributed by atoms with van der Waals surface area (Å²) in [6, 6.07) is 0.888. The summed E-state index contributed by atoms with van der Waals surface area (Å²) in [6.07, 6.45) is 8.54. The quantitative estimate of drug-likeness (QED) is 0.332. The Kier molecular flexibility index (Phi) is 9.32. The van der Waals surface area contributed by atoms with Gasteiger partial charge in [0.15, 0.2) is 5.96 Å². The molecule has 0 radical (unpaired) electrons. The maximum absolute atomic E-state index is 5.21. The molecule has 0 aromatic carbocycles. The van der Waals surface area contributed by atoms with Crippen LogP contribution in [-0.4, -0.2) is 99.8 Å². The zero-order chi connectivity index (χ0) is 19.3. The fraction of sp³-hybridized carbons (Fsp3) is 0.955. The average molecular weight is 520 g/mol. The minimum Gasteiger partial charge on any atom is -0.383 e. The minimum absolute atomic E-state index is 0. The third kappa shape index (κ3) is 5.98. The lowest BCUT2D eigenvalue weighted by Gasteiger charge is -2.42. The Hall–Kier alpha value is -0.120. The zero-order valence-corrected chi connectivity index (χ0v) is 20.9. The van der Waals surface area contributed by atoms with E-state index in [1.54, 1.807) is 7.11 Å². The second-order valence-corrected chi connectivity index (χ2v) is 9.47. The summed E-state index contributed by atoms with van der Waals surface area (Å²) in [5.74, 6) is 3.94. The van der Waals surface area contributed by atoms with E-state index in [1.807, 2.05) is 7.05 Å². The van der Waals surface area contributed by atoms with Gasteiger partial charge in [-0.3, -0.25) is 9.89 Å². The summed E-state index contributed by atoms with van der Waals surface area (Å²) in [7, 11) is 3.73. The van der Waals surface area contributed by atoms with Gasteiger partial charge in [0.25, 0.3) is 0 Å². The van der Waals surface area contributed by atoms with Crippen molar-refractivity contribution < 1.29 is 4.74 Å². The Balaban J connectivity index is 0.00000240. The SMILES string of the molecule is CN=C(NCC1CCN(CCOC)CC1)N1CCN(C2CC3CCC2C3)CC1.I. The largest absolute Gasteiger partial charge is 0.383 e. The molecule has 4 aliphatic rings. The van der Waals surface area contributed by atoms with Crippen LogP contribution in [0.2, 0.25) is 0 Å². The van der Waals surface area contributed by atoms with Gasteiger partial charge >= 0.3 is 0 Å². The minimum atomic E-state index is 0. The number of hydrogen-bond acceptors (Lipinski definition) is 4. The van der Waals surface area contributed by atoms with Crippen molar-refractivity contribution in [1.29, 1.82) is 0 Å². The molecule has 1 N–H and O–H groups in total. The lowest BCUT2D eigenvalue weighted by Crippen LogP contribution is -2.56. The van der Waals surface area contributed by atoms with Gasteiger partial charge in [-0.15, -0.1) is 24.0 Å². The molecule has 4 rings (SSSR count). The highest BCUT2D eigenvalue weighted by Crippen LogP contribution is 2.46. The molecule has 3 unspecified atom stereocenters. The molecule has 3 atom stereocenters. The topological polar surface area (TPSA) is 43.3 Å². The molecule has 2 aliphatic heterocycles. The predicted octanol–water partition coefficient (Wildman–Crippen LogP) is 2.34. The number of halogens is 1. The molecule has 2 bridgehead atoms. The van der Waals surface area contributed by atoms with Gasteiger partial charge in [-0.05, 0) is 62.9 Å². The third-order valence-corrected chi connectivity index (χ3v) is 7.86. The monoisotopic (exact) mass is 519 g/mol. The number of fused-ring (bicyclic) bond motifs is 2. The summed E-state index contributed by atoms with van der Waals surface area (Å²) < 4.78 is 5.21. The number of likely N-dealkylation sites (tertiary alicyclic amines) is 1. The van der Waals surface area contributed by atoms with E-state index in [0.717, 1.165) is 62.5 Å². The van der Waals surface area contributed by atoms with Crippen molar-refractivity contribution in [2.24, 2.45) is 22.7 Å². The fourth-order valence-electron chi connectivity index (χ4n) is 6.13. The molecule has 6 nitrogen and oxygen atoms in total. The molecule has 2 heterocycles. The molecule has 2 saturated carbocycles. The highest BCUT2D eigenvalue weighted by molar-refractivity contribution is 14.0. The fourth-order valence-corrected chi connectivity index (χ4v) is 6.13. The average Bonchev–Trinajstić information content (AvgIpc) is 3.38.